The van der Waals surface area contributed by atoms with Gasteiger partial charge in [-0.2, -0.15) is 0 Å². The van der Waals surface area contributed by atoms with Crippen molar-refractivity contribution < 1.29 is 4.39 Å². The van der Waals surface area contributed by atoms with Crippen LogP contribution in [0.15, 0.2) is 24.3 Å². The molecule has 1 heterocycles. The Morgan fingerprint density at radius 1 is 1.33 bits per heavy atom. The van der Waals surface area contributed by atoms with E-state index in [9.17, 15) is 4.39 Å². The van der Waals surface area contributed by atoms with Crippen molar-refractivity contribution in [3.8, 4) is 0 Å². The standard InChI is InChI=1S/C16H20FN3S/c1-3-20(13-8-6-12(17)7-9-13)16-19-15(11-4-5-11)14(21-16)10-18-2/h6-9,11,18H,3-5,10H2,1-2H3. The third kappa shape index (κ3) is 3.09. The van der Waals surface area contributed by atoms with Crippen LogP contribution >= 0.6 is 11.3 Å². The summed E-state index contributed by atoms with van der Waals surface area (Å²) in [5.41, 5.74) is 2.25. The molecular formula is C16H20FN3S. The highest BCUT2D eigenvalue weighted by Gasteiger charge is 2.30. The van der Waals surface area contributed by atoms with Gasteiger partial charge in [-0.05, 0) is 51.1 Å². The number of benzene rings is 1. The van der Waals surface area contributed by atoms with Gasteiger partial charge in [0, 0.05) is 29.6 Å². The molecule has 112 valence electrons. The van der Waals surface area contributed by atoms with Crippen molar-refractivity contribution in [2.75, 3.05) is 18.5 Å². The van der Waals surface area contributed by atoms with Gasteiger partial charge in [-0.15, -0.1) is 0 Å². The predicted molar refractivity (Wildman–Crippen MR) is 85.9 cm³/mol. The third-order valence-corrected chi connectivity index (χ3v) is 4.80. The van der Waals surface area contributed by atoms with E-state index in [-0.39, 0.29) is 5.82 Å². The number of hydrogen-bond donors (Lipinski definition) is 1. The zero-order chi connectivity index (χ0) is 14.8. The molecule has 3 nitrogen and oxygen atoms in total. The zero-order valence-corrected chi connectivity index (χ0v) is 13.2. The maximum atomic E-state index is 13.1. The Bertz CT molecular complexity index is 604. The Morgan fingerprint density at radius 2 is 2.05 bits per heavy atom. The number of halogens is 1. The summed E-state index contributed by atoms with van der Waals surface area (Å²) in [4.78, 5) is 8.35. The van der Waals surface area contributed by atoms with Crippen molar-refractivity contribution in [1.82, 2.24) is 10.3 Å². The molecule has 1 aromatic heterocycles. The van der Waals surface area contributed by atoms with Gasteiger partial charge in [-0.1, -0.05) is 11.3 Å². The third-order valence-electron chi connectivity index (χ3n) is 3.70. The number of rotatable bonds is 6. The van der Waals surface area contributed by atoms with E-state index in [2.05, 4.69) is 17.1 Å². The predicted octanol–water partition coefficient (Wildman–Crippen LogP) is 4.04. The van der Waals surface area contributed by atoms with Crippen LogP contribution in [0.5, 0.6) is 0 Å². The van der Waals surface area contributed by atoms with Gasteiger partial charge in [0.15, 0.2) is 5.13 Å². The van der Waals surface area contributed by atoms with Gasteiger partial charge < -0.3 is 10.2 Å². The first-order valence-corrected chi connectivity index (χ1v) is 8.22. The fraction of sp³-hybridized carbons (Fsp3) is 0.438. The Balaban J connectivity index is 1.93. The topological polar surface area (TPSA) is 28.2 Å². The second kappa shape index (κ2) is 6.12. The molecule has 1 fully saturated rings. The number of nitrogens with one attached hydrogen (secondary N) is 1. The van der Waals surface area contributed by atoms with Crippen LogP contribution in [0.4, 0.5) is 15.2 Å². The van der Waals surface area contributed by atoms with Gasteiger partial charge >= 0.3 is 0 Å². The van der Waals surface area contributed by atoms with E-state index in [1.54, 1.807) is 11.3 Å². The molecule has 1 saturated carbocycles. The molecule has 1 aliphatic carbocycles. The van der Waals surface area contributed by atoms with Gasteiger partial charge in [0.2, 0.25) is 0 Å². The molecule has 3 rings (SSSR count). The number of nitrogens with zero attached hydrogens (tertiary/aromatic N) is 2. The smallest absolute Gasteiger partial charge is 0.190 e. The van der Waals surface area contributed by atoms with Crippen LogP contribution in [0.2, 0.25) is 0 Å². The summed E-state index contributed by atoms with van der Waals surface area (Å²) in [7, 11) is 1.97. The normalized spacial score (nSPS) is 14.4. The molecule has 0 spiro atoms. The summed E-state index contributed by atoms with van der Waals surface area (Å²) in [6.07, 6.45) is 2.51. The molecule has 1 aromatic carbocycles. The van der Waals surface area contributed by atoms with E-state index in [1.165, 1.54) is 35.5 Å². The first-order valence-electron chi connectivity index (χ1n) is 7.40. The lowest BCUT2D eigenvalue weighted by Gasteiger charge is -2.19. The van der Waals surface area contributed by atoms with Crippen molar-refractivity contribution in [2.45, 2.75) is 32.2 Å². The highest BCUT2D eigenvalue weighted by molar-refractivity contribution is 7.15. The van der Waals surface area contributed by atoms with Crippen molar-refractivity contribution in [3.05, 3.63) is 40.7 Å². The second-order valence-electron chi connectivity index (χ2n) is 5.33. The Labute approximate surface area is 128 Å². The SMILES string of the molecule is CCN(c1ccc(F)cc1)c1nc(C2CC2)c(CNC)s1. The summed E-state index contributed by atoms with van der Waals surface area (Å²) in [5, 5.41) is 4.24. The molecule has 21 heavy (non-hydrogen) atoms. The van der Waals surface area contributed by atoms with E-state index in [0.29, 0.717) is 5.92 Å². The molecule has 1 N–H and O–H groups in total. The highest BCUT2D eigenvalue weighted by Crippen LogP contribution is 2.44. The minimum absolute atomic E-state index is 0.205. The number of thiazole rings is 1. The molecule has 5 heteroatoms. The fourth-order valence-corrected chi connectivity index (χ4v) is 3.72. The van der Waals surface area contributed by atoms with Gasteiger partial charge in [-0.3, -0.25) is 0 Å². The number of aromatic nitrogens is 1. The maximum absolute atomic E-state index is 13.1. The van der Waals surface area contributed by atoms with Crippen LogP contribution in [-0.4, -0.2) is 18.6 Å². The van der Waals surface area contributed by atoms with E-state index >= 15 is 0 Å². The van der Waals surface area contributed by atoms with Crippen molar-refractivity contribution in [2.24, 2.45) is 0 Å². The van der Waals surface area contributed by atoms with Gasteiger partial charge in [-0.25, -0.2) is 9.37 Å². The highest BCUT2D eigenvalue weighted by atomic mass is 32.1. The Hall–Kier alpha value is -1.46. The molecule has 2 aromatic rings. The van der Waals surface area contributed by atoms with Gasteiger partial charge in [0.05, 0.1) is 5.69 Å². The van der Waals surface area contributed by atoms with Crippen LogP contribution < -0.4 is 10.2 Å². The number of hydrogen-bond acceptors (Lipinski definition) is 4. The minimum Gasteiger partial charge on any atom is -0.318 e. The first kappa shape index (κ1) is 14.5. The van der Waals surface area contributed by atoms with E-state index < -0.39 is 0 Å². The van der Waals surface area contributed by atoms with Crippen molar-refractivity contribution >= 4 is 22.2 Å². The lowest BCUT2D eigenvalue weighted by molar-refractivity contribution is 0.628. The van der Waals surface area contributed by atoms with E-state index in [4.69, 9.17) is 4.98 Å². The van der Waals surface area contributed by atoms with Gasteiger partial charge in [0.25, 0.3) is 0 Å². The molecule has 0 aliphatic heterocycles. The Kier molecular flexibility index (Phi) is 4.22. The quantitative estimate of drug-likeness (QED) is 0.873. The summed E-state index contributed by atoms with van der Waals surface area (Å²) in [5.74, 6) is 0.439. The van der Waals surface area contributed by atoms with E-state index in [1.807, 2.05) is 19.2 Å². The molecule has 1 aliphatic rings. The van der Waals surface area contributed by atoms with Crippen LogP contribution in [0, 0.1) is 5.82 Å². The van der Waals surface area contributed by atoms with Crippen molar-refractivity contribution in [3.63, 3.8) is 0 Å². The summed E-state index contributed by atoms with van der Waals surface area (Å²) < 4.78 is 13.1. The molecular weight excluding hydrogens is 285 g/mol. The molecule has 0 unspecified atom stereocenters. The lowest BCUT2D eigenvalue weighted by Crippen LogP contribution is -2.15. The first-order chi connectivity index (χ1) is 10.2. The van der Waals surface area contributed by atoms with E-state index in [0.717, 1.165) is 23.9 Å². The second-order valence-corrected chi connectivity index (χ2v) is 6.39. The largest absolute Gasteiger partial charge is 0.318 e. The van der Waals surface area contributed by atoms with Crippen LogP contribution in [0.3, 0.4) is 0 Å². The van der Waals surface area contributed by atoms with Crippen LogP contribution in [-0.2, 0) is 6.54 Å². The van der Waals surface area contributed by atoms with Gasteiger partial charge in [0.1, 0.15) is 5.82 Å². The average molecular weight is 305 g/mol. The maximum Gasteiger partial charge on any atom is 0.190 e. The molecule has 0 atom stereocenters. The fourth-order valence-electron chi connectivity index (χ4n) is 2.48. The average Bonchev–Trinajstić information content (AvgIpc) is 3.25. The molecule has 0 bridgehead atoms. The lowest BCUT2D eigenvalue weighted by atomic mass is 10.2. The summed E-state index contributed by atoms with van der Waals surface area (Å²) >= 11 is 1.74. The molecule has 0 amide bonds. The van der Waals surface area contributed by atoms with Crippen LogP contribution in [0.1, 0.15) is 36.3 Å². The van der Waals surface area contributed by atoms with Crippen LogP contribution in [0.25, 0.3) is 0 Å². The monoisotopic (exact) mass is 305 g/mol. The molecule has 0 saturated heterocycles. The minimum atomic E-state index is -0.205. The summed E-state index contributed by atoms with van der Waals surface area (Å²) in [6, 6.07) is 6.63. The van der Waals surface area contributed by atoms with Crippen molar-refractivity contribution in [1.29, 1.82) is 0 Å². The Morgan fingerprint density at radius 3 is 2.62 bits per heavy atom. The summed E-state index contributed by atoms with van der Waals surface area (Å²) in [6.45, 7) is 3.78. The number of anilines is 2. The zero-order valence-electron chi connectivity index (χ0n) is 12.4. The molecule has 0 radical (unpaired) electrons.